The van der Waals surface area contributed by atoms with Crippen molar-refractivity contribution in [3.8, 4) is 0 Å². The molecule has 1 aliphatic carbocycles. The van der Waals surface area contributed by atoms with Crippen LogP contribution in [0.25, 0.3) is 0 Å². The van der Waals surface area contributed by atoms with Gasteiger partial charge in [0.2, 0.25) is 15.9 Å². The van der Waals surface area contributed by atoms with E-state index in [9.17, 15) is 17.6 Å². The van der Waals surface area contributed by atoms with Crippen molar-refractivity contribution in [3.05, 3.63) is 65.5 Å². The van der Waals surface area contributed by atoms with Crippen LogP contribution < -0.4 is 5.32 Å². The third-order valence-electron chi connectivity index (χ3n) is 5.78. The summed E-state index contributed by atoms with van der Waals surface area (Å²) < 4.78 is 39.4. The molecule has 7 heteroatoms. The zero-order valence-electron chi connectivity index (χ0n) is 17.0. The summed E-state index contributed by atoms with van der Waals surface area (Å²) in [4.78, 5) is 13.4. The Kier molecular flexibility index (Phi) is 6.10. The number of nitrogens with zero attached hydrogens (tertiary/aromatic N) is 1. The van der Waals surface area contributed by atoms with E-state index in [1.54, 1.807) is 30.3 Å². The van der Waals surface area contributed by atoms with Gasteiger partial charge >= 0.3 is 0 Å². The lowest BCUT2D eigenvalue weighted by atomic mass is 9.77. The summed E-state index contributed by atoms with van der Waals surface area (Å²) >= 11 is 0. The molecule has 1 atom stereocenters. The van der Waals surface area contributed by atoms with E-state index in [0.717, 1.165) is 22.7 Å². The minimum atomic E-state index is -3.49. The zero-order valence-corrected chi connectivity index (χ0v) is 17.8. The first kappa shape index (κ1) is 21.5. The first-order valence-electron chi connectivity index (χ1n) is 9.76. The molecule has 2 aromatic rings. The van der Waals surface area contributed by atoms with Crippen molar-refractivity contribution in [1.29, 1.82) is 0 Å². The number of nitrogens with one attached hydrogen (secondary N) is 1. The van der Waals surface area contributed by atoms with Crippen LogP contribution in [0, 0.1) is 5.82 Å². The van der Waals surface area contributed by atoms with E-state index in [4.69, 9.17) is 0 Å². The fourth-order valence-corrected chi connectivity index (χ4v) is 4.87. The number of hydrogen-bond donors (Lipinski definition) is 1. The van der Waals surface area contributed by atoms with Gasteiger partial charge in [-0.1, -0.05) is 37.1 Å². The SMILES string of the molecule is CC(NC(=O)C1(c2cccc(F)c2)CCCC1)c1ccc(S(=O)(=O)N(C)C)cc1. The predicted molar refractivity (Wildman–Crippen MR) is 110 cm³/mol. The van der Waals surface area contributed by atoms with Crippen molar-refractivity contribution in [3.63, 3.8) is 0 Å². The van der Waals surface area contributed by atoms with Gasteiger partial charge in [0.1, 0.15) is 5.82 Å². The van der Waals surface area contributed by atoms with Crippen LogP contribution in [0.3, 0.4) is 0 Å². The van der Waals surface area contributed by atoms with Gasteiger partial charge < -0.3 is 5.32 Å². The number of carbonyl (C=O) groups is 1. The van der Waals surface area contributed by atoms with E-state index in [1.807, 2.05) is 13.0 Å². The molecule has 156 valence electrons. The van der Waals surface area contributed by atoms with Crippen LogP contribution in [0.1, 0.15) is 49.8 Å². The Morgan fingerprint density at radius 1 is 1.10 bits per heavy atom. The molecular formula is C22H27FN2O3S. The molecule has 0 saturated heterocycles. The van der Waals surface area contributed by atoms with Crippen molar-refractivity contribution in [2.24, 2.45) is 0 Å². The lowest BCUT2D eigenvalue weighted by molar-refractivity contribution is -0.127. The number of rotatable bonds is 6. The highest BCUT2D eigenvalue weighted by Crippen LogP contribution is 2.42. The average molecular weight is 419 g/mol. The molecular weight excluding hydrogens is 391 g/mol. The van der Waals surface area contributed by atoms with Gasteiger partial charge in [0.15, 0.2) is 0 Å². The molecule has 1 fully saturated rings. The quantitative estimate of drug-likeness (QED) is 0.777. The predicted octanol–water partition coefficient (Wildman–Crippen LogP) is 3.77. The van der Waals surface area contributed by atoms with E-state index in [-0.39, 0.29) is 22.7 Å². The van der Waals surface area contributed by atoms with Gasteiger partial charge in [-0.15, -0.1) is 0 Å². The molecule has 1 aliphatic rings. The van der Waals surface area contributed by atoms with Crippen LogP contribution >= 0.6 is 0 Å². The molecule has 0 aromatic heterocycles. The summed E-state index contributed by atoms with van der Waals surface area (Å²) in [6.45, 7) is 1.86. The minimum absolute atomic E-state index is 0.113. The number of halogens is 1. The highest BCUT2D eigenvalue weighted by Gasteiger charge is 2.43. The number of sulfonamides is 1. The number of benzene rings is 2. The Hall–Kier alpha value is -2.25. The number of amides is 1. The summed E-state index contributed by atoms with van der Waals surface area (Å²) in [6.07, 6.45) is 3.23. The molecule has 0 heterocycles. The standard InChI is InChI=1S/C22H27FN2O3S/c1-16(17-9-11-20(12-10-17)29(27,28)25(2)3)24-21(26)22(13-4-5-14-22)18-7-6-8-19(23)15-18/h6-12,15-16H,4-5,13-14H2,1-3H3,(H,24,26). The van der Waals surface area contributed by atoms with Crippen molar-refractivity contribution >= 4 is 15.9 Å². The summed E-state index contributed by atoms with van der Waals surface area (Å²) in [6, 6.07) is 12.5. The van der Waals surface area contributed by atoms with Gasteiger partial charge in [-0.2, -0.15) is 0 Å². The van der Waals surface area contributed by atoms with E-state index in [0.29, 0.717) is 18.4 Å². The second-order valence-corrected chi connectivity index (χ2v) is 10.0. The van der Waals surface area contributed by atoms with E-state index in [1.165, 1.54) is 26.2 Å². The Morgan fingerprint density at radius 2 is 1.72 bits per heavy atom. The van der Waals surface area contributed by atoms with Crippen molar-refractivity contribution in [2.45, 2.75) is 49.0 Å². The van der Waals surface area contributed by atoms with E-state index < -0.39 is 15.4 Å². The molecule has 29 heavy (non-hydrogen) atoms. The maximum absolute atomic E-state index is 13.8. The highest BCUT2D eigenvalue weighted by atomic mass is 32.2. The van der Waals surface area contributed by atoms with E-state index >= 15 is 0 Å². The largest absolute Gasteiger partial charge is 0.349 e. The first-order chi connectivity index (χ1) is 13.7. The molecule has 0 bridgehead atoms. The molecule has 0 spiro atoms. The van der Waals surface area contributed by atoms with Crippen LogP contribution in [-0.2, 0) is 20.2 Å². The molecule has 2 aromatic carbocycles. The van der Waals surface area contributed by atoms with Gasteiger partial charge in [0.05, 0.1) is 16.4 Å². The summed E-state index contributed by atoms with van der Waals surface area (Å²) in [7, 11) is -0.524. The molecule has 3 rings (SSSR count). The van der Waals surface area contributed by atoms with Crippen molar-refractivity contribution in [2.75, 3.05) is 14.1 Å². The first-order valence-corrected chi connectivity index (χ1v) is 11.2. The van der Waals surface area contributed by atoms with Gasteiger partial charge in [-0.3, -0.25) is 4.79 Å². The molecule has 0 radical (unpaired) electrons. The van der Waals surface area contributed by atoms with Crippen LogP contribution in [0.15, 0.2) is 53.4 Å². The van der Waals surface area contributed by atoms with Crippen LogP contribution in [0.5, 0.6) is 0 Å². The van der Waals surface area contributed by atoms with Gasteiger partial charge in [0.25, 0.3) is 0 Å². The fraction of sp³-hybridized carbons (Fsp3) is 0.409. The molecule has 5 nitrogen and oxygen atoms in total. The minimum Gasteiger partial charge on any atom is -0.349 e. The molecule has 1 amide bonds. The molecule has 1 N–H and O–H groups in total. The topological polar surface area (TPSA) is 66.5 Å². The number of hydrogen-bond acceptors (Lipinski definition) is 3. The molecule has 1 unspecified atom stereocenters. The Bertz CT molecular complexity index is 981. The molecule has 1 saturated carbocycles. The van der Waals surface area contributed by atoms with Crippen molar-refractivity contribution < 1.29 is 17.6 Å². The molecule has 0 aliphatic heterocycles. The zero-order chi connectivity index (χ0) is 21.2. The van der Waals surface area contributed by atoms with Gasteiger partial charge in [-0.05, 0) is 55.2 Å². The maximum atomic E-state index is 13.8. The van der Waals surface area contributed by atoms with Crippen molar-refractivity contribution in [1.82, 2.24) is 9.62 Å². The van der Waals surface area contributed by atoms with Crippen LogP contribution in [-0.4, -0.2) is 32.7 Å². The lowest BCUT2D eigenvalue weighted by Crippen LogP contribution is -2.43. The highest BCUT2D eigenvalue weighted by molar-refractivity contribution is 7.89. The third kappa shape index (κ3) is 4.21. The Morgan fingerprint density at radius 3 is 2.28 bits per heavy atom. The van der Waals surface area contributed by atoms with Gasteiger partial charge in [0, 0.05) is 14.1 Å². The second-order valence-electron chi connectivity index (χ2n) is 7.85. The number of carbonyl (C=O) groups excluding carboxylic acids is 1. The monoisotopic (exact) mass is 418 g/mol. The normalized spacial score (nSPS) is 17.3. The maximum Gasteiger partial charge on any atom is 0.242 e. The Labute approximate surface area is 172 Å². The fourth-order valence-electron chi connectivity index (χ4n) is 3.97. The lowest BCUT2D eigenvalue weighted by Gasteiger charge is -2.30. The van der Waals surface area contributed by atoms with Crippen LogP contribution in [0.4, 0.5) is 4.39 Å². The smallest absolute Gasteiger partial charge is 0.242 e. The van der Waals surface area contributed by atoms with Crippen LogP contribution in [0.2, 0.25) is 0 Å². The average Bonchev–Trinajstić information content (AvgIpc) is 3.19. The second kappa shape index (κ2) is 8.24. The summed E-state index contributed by atoms with van der Waals surface area (Å²) in [5, 5.41) is 3.06. The summed E-state index contributed by atoms with van der Waals surface area (Å²) in [5.74, 6) is -0.453. The van der Waals surface area contributed by atoms with E-state index in [2.05, 4.69) is 5.32 Å². The summed E-state index contributed by atoms with van der Waals surface area (Å²) in [5.41, 5.74) is 0.806. The third-order valence-corrected chi connectivity index (χ3v) is 7.60. The van der Waals surface area contributed by atoms with Gasteiger partial charge in [-0.25, -0.2) is 17.1 Å². The Balaban J connectivity index is 1.80.